The van der Waals surface area contributed by atoms with Crippen LogP contribution in [-0.4, -0.2) is 34.5 Å². The topological polar surface area (TPSA) is 84.5 Å². The Bertz CT molecular complexity index is 585. The minimum atomic E-state index is -3.49. The Balaban J connectivity index is 2.79. The Labute approximate surface area is 125 Å². The van der Waals surface area contributed by atoms with Gasteiger partial charge in [-0.05, 0) is 37.1 Å². The summed E-state index contributed by atoms with van der Waals surface area (Å²) >= 11 is 0. The predicted molar refractivity (Wildman–Crippen MR) is 80.8 cm³/mol. The number of unbranched alkanes of at least 4 members (excludes halogenated alkanes) is 1. The van der Waals surface area contributed by atoms with Gasteiger partial charge in [-0.15, -0.1) is 0 Å². The molecule has 0 aliphatic carbocycles. The molecule has 0 aromatic heterocycles. The molecule has 1 aromatic rings. The highest BCUT2D eigenvalue weighted by atomic mass is 32.2. The maximum absolute atomic E-state index is 12.1. The number of carbonyl (C=O) groups excluding carboxylic acids is 1. The van der Waals surface area contributed by atoms with Gasteiger partial charge < -0.3 is 10.1 Å². The van der Waals surface area contributed by atoms with Crippen molar-refractivity contribution in [1.29, 1.82) is 0 Å². The standard InChI is InChI=1S/C14H22N2O4S/c1-4-5-8-16-21(18,19)12-6-7-13(11(2)9-12)20-10-14(17)15-3/h6-7,9,16H,4-5,8,10H2,1-3H3,(H,15,17). The summed E-state index contributed by atoms with van der Waals surface area (Å²) in [7, 11) is -1.97. The molecule has 0 bridgehead atoms. The van der Waals surface area contributed by atoms with Crippen molar-refractivity contribution in [2.75, 3.05) is 20.2 Å². The number of amides is 1. The number of likely N-dealkylation sites (N-methyl/N-ethyl adjacent to an activating group) is 1. The van der Waals surface area contributed by atoms with Crippen LogP contribution in [0.3, 0.4) is 0 Å². The van der Waals surface area contributed by atoms with Crippen molar-refractivity contribution >= 4 is 15.9 Å². The maximum Gasteiger partial charge on any atom is 0.257 e. The molecule has 1 rings (SSSR count). The van der Waals surface area contributed by atoms with E-state index in [0.717, 1.165) is 12.8 Å². The lowest BCUT2D eigenvalue weighted by atomic mass is 10.2. The summed E-state index contributed by atoms with van der Waals surface area (Å²) in [5.41, 5.74) is 0.664. The van der Waals surface area contributed by atoms with Gasteiger partial charge in [0.05, 0.1) is 4.90 Å². The zero-order chi connectivity index (χ0) is 15.9. The number of carbonyl (C=O) groups is 1. The highest BCUT2D eigenvalue weighted by molar-refractivity contribution is 7.89. The van der Waals surface area contributed by atoms with Crippen molar-refractivity contribution in [3.8, 4) is 5.75 Å². The largest absolute Gasteiger partial charge is 0.484 e. The fraction of sp³-hybridized carbons (Fsp3) is 0.500. The van der Waals surface area contributed by atoms with Gasteiger partial charge in [0.2, 0.25) is 10.0 Å². The van der Waals surface area contributed by atoms with Gasteiger partial charge in [0, 0.05) is 13.6 Å². The normalized spacial score (nSPS) is 11.2. The number of aryl methyl sites for hydroxylation is 1. The van der Waals surface area contributed by atoms with Gasteiger partial charge in [0.25, 0.3) is 5.91 Å². The third kappa shape index (κ3) is 5.35. The number of sulfonamides is 1. The number of nitrogens with one attached hydrogen (secondary N) is 2. The molecule has 6 nitrogen and oxygen atoms in total. The molecule has 0 saturated carbocycles. The smallest absolute Gasteiger partial charge is 0.257 e. The average molecular weight is 314 g/mol. The van der Waals surface area contributed by atoms with Crippen LogP contribution in [0.15, 0.2) is 23.1 Å². The predicted octanol–water partition coefficient (Wildman–Crippen LogP) is 1.20. The molecule has 0 fully saturated rings. The van der Waals surface area contributed by atoms with Crippen LogP contribution in [0.1, 0.15) is 25.3 Å². The molecular weight excluding hydrogens is 292 g/mol. The molecule has 0 spiro atoms. The van der Waals surface area contributed by atoms with E-state index in [-0.39, 0.29) is 17.4 Å². The second-order valence-corrected chi connectivity index (χ2v) is 6.41. The van der Waals surface area contributed by atoms with Crippen LogP contribution in [0.2, 0.25) is 0 Å². The number of ether oxygens (including phenoxy) is 1. The summed E-state index contributed by atoms with van der Waals surface area (Å²) in [6.07, 6.45) is 1.72. The molecule has 0 unspecified atom stereocenters. The summed E-state index contributed by atoms with van der Waals surface area (Å²) in [6, 6.07) is 4.57. The van der Waals surface area contributed by atoms with E-state index < -0.39 is 10.0 Å². The molecule has 0 heterocycles. The Morgan fingerprint density at radius 1 is 1.33 bits per heavy atom. The van der Waals surface area contributed by atoms with Crippen LogP contribution >= 0.6 is 0 Å². The Kier molecular flexibility index (Phi) is 6.64. The van der Waals surface area contributed by atoms with Crippen LogP contribution in [0.25, 0.3) is 0 Å². The van der Waals surface area contributed by atoms with E-state index in [1.165, 1.54) is 19.2 Å². The monoisotopic (exact) mass is 314 g/mol. The lowest BCUT2D eigenvalue weighted by Gasteiger charge is -2.11. The number of rotatable bonds is 8. The zero-order valence-corrected chi connectivity index (χ0v) is 13.4. The average Bonchev–Trinajstić information content (AvgIpc) is 2.45. The number of hydrogen-bond acceptors (Lipinski definition) is 4. The fourth-order valence-electron chi connectivity index (χ4n) is 1.63. The van der Waals surface area contributed by atoms with E-state index in [2.05, 4.69) is 10.0 Å². The minimum absolute atomic E-state index is 0.0990. The molecule has 0 atom stereocenters. The summed E-state index contributed by atoms with van der Waals surface area (Å²) in [5, 5.41) is 2.45. The molecule has 0 aliphatic heterocycles. The van der Waals surface area contributed by atoms with Crippen molar-refractivity contribution in [3.05, 3.63) is 23.8 Å². The Morgan fingerprint density at radius 3 is 2.62 bits per heavy atom. The lowest BCUT2D eigenvalue weighted by molar-refractivity contribution is -0.122. The maximum atomic E-state index is 12.1. The van der Waals surface area contributed by atoms with E-state index in [9.17, 15) is 13.2 Å². The number of hydrogen-bond donors (Lipinski definition) is 2. The SMILES string of the molecule is CCCCNS(=O)(=O)c1ccc(OCC(=O)NC)c(C)c1. The second-order valence-electron chi connectivity index (χ2n) is 4.64. The zero-order valence-electron chi connectivity index (χ0n) is 12.6. The van der Waals surface area contributed by atoms with Crippen LogP contribution in [0.4, 0.5) is 0 Å². The van der Waals surface area contributed by atoms with Crippen LogP contribution in [-0.2, 0) is 14.8 Å². The minimum Gasteiger partial charge on any atom is -0.484 e. The quantitative estimate of drug-likeness (QED) is 0.706. The van der Waals surface area contributed by atoms with E-state index in [0.29, 0.717) is 17.9 Å². The van der Waals surface area contributed by atoms with Crippen molar-refractivity contribution in [1.82, 2.24) is 10.0 Å². The van der Waals surface area contributed by atoms with E-state index in [1.807, 2.05) is 6.92 Å². The molecule has 118 valence electrons. The molecule has 21 heavy (non-hydrogen) atoms. The van der Waals surface area contributed by atoms with Gasteiger partial charge in [-0.25, -0.2) is 13.1 Å². The summed E-state index contributed by atoms with van der Waals surface area (Å²) in [4.78, 5) is 11.3. The fourth-order valence-corrected chi connectivity index (χ4v) is 2.79. The van der Waals surface area contributed by atoms with Gasteiger partial charge in [0.1, 0.15) is 5.75 Å². The molecule has 1 amide bonds. The van der Waals surface area contributed by atoms with Crippen LogP contribution in [0, 0.1) is 6.92 Å². The van der Waals surface area contributed by atoms with Gasteiger partial charge in [0.15, 0.2) is 6.61 Å². The Morgan fingerprint density at radius 2 is 2.05 bits per heavy atom. The first-order chi connectivity index (χ1) is 9.90. The van der Waals surface area contributed by atoms with Crippen molar-refractivity contribution in [2.24, 2.45) is 0 Å². The molecule has 2 N–H and O–H groups in total. The van der Waals surface area contributed by atoms with Crippen molar-refractivity contribution in [3.63, 3.8) is 0 Å². The summed E-state index contributed by atoms with van der Waals surface area (Å²) in [5.74, 6) is 0.249. The summed E-state index contributed by atoms with van der Waals surface area (Å²) < 4.78 is 32.0. The highest BCUT2D eigenvalue weighted by Crippen LogP contribution is 2.21. The molecular formula is C14H22N2O4S. The van der Waals surface area contributed by atoms with E-state index >= 15 is 0 Å². The van der Waals surface area contributed by atoms with Gasteiger partial charge >= 0.3 is 0 Å². The third-order valence-electron chi connectivity index (χ3n) is 2.92. The van der Waals surface area contributed by atoms with Crippen LogP contribution in [0.5, 0.6) is 5.75 Å². The second kappa shape index (κ2) is 7.99. The van der Waals surface area contributed by atoms with Gasteiger partial charge in [-0.3, -0.25) is 4.79 Å². The van der Waals surface area contributed by atoms with Crippen molar-refractivity contribution in [2.45, 2.75) is 31.6 Å². The first-order valence-corrected chi connectivity index (χ1v) is 8.32. The highest BCUT2D eigenvalue weighted by Gasteiger charge is 2.15. The molecule has 7 heteroatoms. The van der Waals surface area contributed by atoms with Gasteiger partial charge in [-0.2, -0.15) is 0 Å². The van der Waals surface area contributed by atoms with Crippen LogP contribution < -0.4 is 14.8 Å². The molecule has 0 radical (unpaired) electrons. The first-order valence-electron chi connectivity index (χ1n) is 6.84. The summed E-state index contributed by atoms with van der Waals surface area (Å²) in [6.45, 7) is 4.06. The number of benzene rings is 1. The molecule has 1 aromatic carbocycles. The molecule has 0 saturated heterocycles. The van der Waals surface area contributed by atoms with Crippen molar-refractivity contribution < 1.29 is 17.9 Å². The van der Waals surface area contributed by atoms with E-state index in [1.54, 1.807) is 13.0 Å². The third-order valence-corrected chi connectivity index (χ3v) is 4.38. The molecule has 0 aliphatic rings. The Hall–Kier alpha value is -1.60. The first kappa shape index (κ1) is 17.5. The van der Waals surface area contributed by atoms with E-state index in [4.69, 9.17) is 4.74 Å². The lowest BCUT2D eigenvalue weighted by Crippen LogP contribution is -2.25. The van der Waals surface area contributed by atoms with Gasteiger partial charge in [-0.1, -0.05) is 13.3 Å².